The minimum absolute atomic E-state index is 0.248. The van der Waals surface area contributed by atoms with E-state index in [1.807, 2.05) is 19.1 Å². The standard InChI is InChI=1S/C12H14ClNO2/c1-8-6-9(7-10(13)12(8)14)4-3-5-11(15)16-2/h3-4,6-7H,5,14H2,1-2H3. The second kappa shape index (κ2) is 5.56. The van der Waals surface area contributed by atoms with Crippen LogP contribution in [0.5, 0.6) is 0 Å². The topological polar surface area (TPSA) is 52.3 Å². The van der Waals surface area contributed by atoms with Crippen LogP contribution >= 0.6 is 11.6 Å². The van der Waals surface area contributed by atoms with E-state index in [9.17, 15) is 4.79 Å². The molecule has 0 aliphatic heterocycles. The molecule has 0 amide bonds. The molecule has 0 aromatic heterocycles. The molecule has 1 rings (SSSR count). The number of nitrogens with two attached hydrogens (primary N) is 1. The van der Waals surface area contributed by atoms with Crippen LogP contribution in [0, 0.1) is 6.92 Å². The first kappa shape index (κ1) is 12.6. The Morgan fingerprint density at radius 3 is 2.81 bits per heavy atom. The number of anilines is 1. The van der Waals surface area contributed by atoms with Crippen molar-refractivity contribution in [1.82, 2.24) is 0 Å². The Bertz CT molecular complexity index is 404. The van der Waals surface area contributed by atoms with Crippen molar-refractivity contribution in [3.63, 3.8) is 0 Å². The number of benzene rings is 1. The Kier molecular flexibility index (Phi) is 4.38. The van der Waals surface area contributed by atoms with E-state index < -0.39 is 0 Å². The average Bonchev–Trinajstić information content (AvgIpc) is 2.25. The van der Waals surface area contributed by atoms with Crippen molar-refractivity contribution in [3.8, 4) is 0 Å². The summed E-state index contributed by atoms with van der Waals surface area (Å²) in [5, 5.41) is 0.526. The summed E-state index contributed by atoms with van der Waals surface area (Å²) in [6.45, 7) is 1.89. The lowest BCUT2D eigenvalue weighted by Crippen LogP contribution is -1.96. The highest BCUT2D eigenvalue weighted by Crippen LogP contribution is 2.24. The number of methoxy groups -OCH3 is 1. The molecule has 0 fully saturated rings. The van der Waals surface area contributed by atoms with Gasteiger partial charge in [0.15, 0.2) is 0 Å². The molecule has 1 aromatic rings. The van der Waals surface area contributed by atoms with Crippen molar-refractivity contribution >= 4 is 29.3 Å². The van der Waals surface area contributed by atoms with Gasteiger partial charge in [-0.1, -0.05) is 23.8 Å². The predicted molar refractivity (Wildman–Crippen MR) is 66.3 cm³/mol. The van der Waals surface area contributed by atoms with Gasteiger partial charge in [-0.3, -0.25) is 4.79 Å². The normalized spacial score (nSPS) is 10.7. The number of aryl methyl sites for hydroxylation is 1. The number of nitrogen functional groups attached to an aromatic ring is 1. The minimum Gasteiger partial charge on any atom is -0.469 e. The van der Waals surface area contributed by atoms with E-state index in [-0.39, 0.29) is 12.4 Å². The molecule has 1 aromatic carbocycles. The van der Waals surface area contributed by atoms with Crippen LogP contribution < -0.4 is 5.73 Å². The number of carbonyl (C=O) groups is 1. The van der Waals surface area contributed by atoms with Gasteiger partial charge in [-0.25, -0.2) is 0 Å². The predicted octanol–water partition coefficient (Wildman–Crippen LogP) is 2.81. The van der Waals surface area contributed by atoms with Crippen molar-refractivity contribution in [3.05, 3.63) is 34.4 Å². The molecule has 16 heavy (non-hydrogen) atoms. The van der Waals surface area contributed by atoms with E-state index in [4.69, 9.17) is 17.3 Å². The van der Waals surface area contributed by atoms with E-state index >= 15 is 0 Å². The largest absolute Gasteiger partial charge is 0.469 e. The summed E-state index contributed by atoms with van der Waals surface area (Å²) in [7, 11) is 1.36. The first-order chi connectivity index (χ1) is 7.54. The fourth-order valence-corrected chi connectivity index (χ4v) is 1.53. The molecule has 0 heterocycles. The third kappa shape index (κ3) is 3.28. The van der Waals surface area contributed by atoms with Crippen LogP contribution in [-0.2, 0) is 9.53 Å². The maximum Gasteiger partial charge on any atom is 0.309 e. The van der Waals surface area contributed by atoms with Gasteiger partial charge in [-0.2, -0.15) is 0 Å². The average molecular weight is 240 g/mol. The number of esters is 1. The van der Waals surface area contributed by atoms with Crippen LogP contribution in [-0.4, -0.2) is 13.1 Å². The summed E-state index contributed by atoms with van der Waals surface area (Å²) in [6, 6.07) is 3.67. The van der Waals surface area contributed by atoms with Crippen molar-refractivity contribution in [1.29, 1.82) is 0 Å². The van der Waals surface area contributed by atoms with Crippen molar-refractivity contribution in [2.75, 3.05) is 12.8 Å². The van der Waals surface area contributed by atoms with E-state index in [0.29, 0.717) is 10.7 Å². The smallest absolute Gasteiger partial charge is 0.309 e. The lowest BCUT2D eigenvalue weighted by molar-refractivity contribution is -0.139. The van der Waals surface area contributed by atoms with Gasteiger partial charge in [0.2, 0.25) is 0 Å². The highest BCUT2D eigenvalue weighted by atomic mass is 35.5. The minimum atomic E-state index is -0.269. The SMILES string of the molecule is COC(=O)CC=Cc1cc(C)c(N)c(Cl)c1. The third-order valence-corrected chi connectivity index (χ3v) is 2.49. The van der Waals surface area contributed by atoms with Gasteiger partial charge >= 0.3 is 5.97 Å². The maximum absolute atomic E-state index is 10.9. The first-order valence-corrected chi connectivity index (χ1v) is 5.21. The van der Waals surface area contributed by atoms with Gasteiger partial charge in [0.1, 0.15) is 0 Å². The van der Waals surface area contributed by atoms with E-state index in [2.05, 4.69) is 4.74 Å². The highest BCUT2D eigenvalue weighted by molar-refractivity contribution is 6.33. The summed E-state index contributed by atoms with van der Waals surface area (Å²) in [5.74, 6) is -0.269. The van der Waals surface area contributed by atoms with Gasteiger partial charge in [-0.05, 0) is 30.2 Å². The van der Waals surface area contributed by atoms with E-state index in [1.165, 1.54) is 7.11 Å². The third-order valence-electron chi connectivity index (χ3n) is 2.18. The molecule has 4 heteroatoms. The van der Waals surface area contributed by atoms with Gasteiger partial charge in [0.25, 0.3) is 0 Å². The van der Waals surface area contributed by atoms with Crippen molar-refractivity contribution in [2.45, 2.75) is 13.3 Å². The number of halogens is 1. The second-order valence-electron chi connectivity index (χ2n) is 3.42. The van der Waals surface area contributed by atoms with Crippen molar-refractivity contribution in [2.24, 2.45) is 0 Å². The fourth-order valence-electron chi connectivity index (χ4n) is 1.25. The first-order valence-electron chi connectivity index (χ1n) is 4.83. The highest BCUT2D eigenvalue weighted by Gasteiger charge is 2.01. The van der Waals surface area contributed by atoms with Gasteiger partial charge in [-0.15, -0.1) is 0 Å². The zero-order chi connectivity index (χ0) is 12.1. The Morgan fingerprint density at radius 1 is 1.56 bits per heavy atom. The summed E-state index contributed by atoms with van der Waals surface area (Å²) >= 11 is 5.94. The lowest BCUT2D eigenvalue weighted by Gasteiger charge is -2.04. The van der Waals surface area contributed by atoms with Crippen LogP contribution in [0.4, 0.5) is 5.69 Å². The molecule has 0 saturated carbocycles. The van der Waals surface area contributed by atoms with E-state index in [0.717, 1.165) is 11.1 Å². The Morgan fingerprint density at radius 2 is 2.25 bits per heavy atom. The van der Waals surface area contributed by atoms with Crippen LogP contribution in [0.25, 0.3) is 6.08 Å². The Labute approximate surface area is 99.8 Å². The molecule has 0 atom stereocenters. The molecule has 0 aliphatic carbocycles. The molecule has 0 aliphatic rings. The van der Waals surface area contributed by atoms with Crippen molar-refractivity contribution < 1.29 is 9.53 Å². The Balaban J connectivity index is 2.78. The van der Waals surface area contributed by atoms with Crippen LogP contribution in [0.15, 0.2) is 18.2 Å². The van der Waals surface area contributed by atoms with Gasteiger partial charge < -0.3 is 10.5 Å². The second-order valence-corrected chi connectivity index (χ2v) is 3.82. The molecule has 0 unspecified atom stereocenters. The van der Waals surface area contributed by atoms with Gasteiger partial charge in [0, 0.05) is 0 Å². The molecule has 0 radical (unpaired) electrons. The zero-order valence-electron chi connectivity index (χ0n) is 9.29. The molecule has 86 valence electrons. The number of ether oxygens (including phenoxy) is 1. The number of carbonyl (C=O) groups excluding carboxylic acids is 1. The summed E-state index contributed by atoms with van der Waals surface area (Å²) in [5.41, 5.74) is 8.15. The van der Waals surface area contributed by atoms with Gasteiger partial charge in [0.05, 0.1) is 24.2 Å². The molecule has 2 N–H and O–H groups in total. The van der Waals surface area contributed by atoms with E-state index in [1.54, 1.807) is 12.1 Å². The molecule has 0 spiro atoms. The molecule has 0 saturated heterocycles. The maximum atomic E-state index is 10.9. The molecule has 3 nitrogen and oxygen atoms in total. The summed E-state index contributed by atoms with van der Waals surface area (Å²) < 4.78 is 4.52. The zero-order valence-corrected chi connectivity index (χ0v) is 10.0. The fraction of sp³-hybridized carbons (Fsp3) is 0.250. The molecular formula is C12H14ClNO2. The monoisotopic (exact) mass is 239 g/mol. The lowest BCUT2D eigenvalue weighted by atomic mass is 10.1. The number of rotatable bonds is 3. The number of hydrogen-bond acceptors (Lipinski definition) is 3. The molecular weight excluding hydrogens is 226 g/mol. The quantitative estimate of drug-likeness (QED) is 0.652. The van der Waals surface area contributed by atoms with Crippen LogP contribution in [0.2, 0.25) is 5.02 Å². The molecule has 0 bridgehead atoms. The summed E-state index contributed by atoms with van der Waals surface area (Å²) in [4.78, 5) is 10.9. The summed E-state index contributed by atoms with van der Waals surface area (Å²) in [6.07, 6.45) is 3.79. The Hall–Kier alpha value is -1.48. The number of hydrogen-bond donors (Lipinski definition) is 1. The van der Waals surface area contributed by atoms with Crippen LogP contribution in [0.3, 0.4) is 0 Å². The van der Waals surface area contributed by atoms with Crippen LogP contribution in [0.1, 0.15) is 17.5 Å².